The van der Waals surface area contributed by atoms with Gasteiger partial charge in [-0.2, -0.15) is 5.10 Å². The molecule has 0 spiro atoms. The zero-order valence-corrected chi connectivity index (χ0v) is 7.85. The second-order valence-electron chi connectivity index (χ2n) is 2.85. The highest BCUT2D eigenvalue weighted by atomic mass is 16.4. The van der Waals surface area contributed by atoms with Crippen molar-refractivity contribution in [3.8, 4) is 11.5 Å². The van der Waals surface area contributed by atoms with Gasteiger partial charge >= 0.3 is 0 Å². The van der Waals surface area contributed by atoms with E-state index < -0.39 is 0 Å². The third-order valence-electron chi connectivity index (χ3n) is 1.71. The molecule has 0 saturated heterocycles. The van der Waals surface area contributed by atoms with Crippen molar-refractivity contribution >= 4 is 5.95 Å². The molecule has 6 nitrogen and oxygen atoms in total. The Morgan fingerprint density at radius 3 is 2.64 bits per heavy atom. The third kappa shape index (κ3) is 1.41. The molecule has 2 aromatic rings. The van der Waals surface area contributed by atoms with Gasteiger partial charge in [0.1, 0.15) is 5.69 Å². The monoisotopic (exact) mass is 191 g/mol. The molecule has 0 bridgehead atoms. The number of rotatable bonds is 1. The molecule has 14 heavy (non-hydrogen) atoms. The minimum atomic E-state index is 0.121. The summed E-state index contributed by atoms with van der Waals surface area (Å²) in [7, 11) is 0. The van der Waals surface area contributed by atoms with Crippen LogP contribution in [0.25, 0.3) is 11.5 Å². The fourth-order valence-corrected chi connectivity index (χ4v) is 1.20. The summed E-state index contributed by atoms with van der Waals surface area (Å²) < 4.78 is 5.36. The summed E-state index contributed by atoms with van der Waals surface area (Å²) in [5, 5.41) is 7.24. The number of aromatic nitrogens is 4. The van der Waals surface area contributed by atoms with E-state index in [0.29, 0.717) is 17.3 Å². The summed E-state index contributed by atoms with van der Waals surface area (Å²) in [6.07, 6.45) is 1.49. The van der Waals surface area contributed by atoms with Gasteiger partial charge in [0.25, 0.3) is 0 Å². The van der Waals surface area contributed by atoms with Crippen LogP contribution in [0, 0.1) is 13.8 Å². The molecular formula is C8H9N5O. The van der Waals surface area contributed by atoms with E-state index in [4.69, 9.17) is 10.2 Å². The summed E-state index contributed by atoms with van der Waals surface area (Å²) in [5.41, 5.74) is 6.72. The van der Waals surface area contributed by atoms with E-state index in [2.05, 4.69) is 20.2 Å². The van der Waals surface area contributed by atoms with E-state index in [-0.39, 0.29) is 5.95 Å². The number of nitrogen functional groups attached to an aromatic ring is 1. The first-order valence-electron chi connectivity index (χ1n) is 4.06. The topological polar surface area (TPSA) is 90.7 Å². The summed E-state index contributed by atoms with van der Waals surface area (Å²) in [4.78, 5) is 8.11. The van der Waals surface area contributed by atoms with Crippen molar-refractivity contribution in [1.82, 2.24) is 20.2 Å². The van der Waals surface area contributed by atoms with Crippen molar-refractivity contribution in [2.75, 3.05) is 5.73 Å². The van der Waals surface area contributed by atoms with Gasteiger partial charge in [0, 0.05) is 6.92 Å². The van der Waals surface area contributed by atoms with Crippen LogP contribution in [0.3, 0.4) is 0 Å². The van der Waals surface area contributed by atoms with E-state index in [0.717, 1.165) is 5.69 Å². The Morgan fingerprint density at radius 1 is 1.29 bits per heavy atom. The summed E-state index contributed by atoms with van der Waals surface area (Å²) in [5.74, 6) is 1.30. The molecule has 0 saturated carbocycles. The largest absolute Gasteiger partial charge is 0.439 e. The van der Waals surface area contributed by atoms with Gasteiger partial charge in [0.15, 0.2) is 11.7 Å². The molecule has 72 valence electrons. The molecular weight excluding hydrogens is 182 g/mol. The third-order valence-corrected chi connectivity index (χ3v) is 1.71. The first-order chi connectivity index (χ1) is 6.66. The van der Waals surface area contributed by atoms with Crippen LogP contribution in [0.1, 0.15) is 11.6 Å². The molecule has 2 heterocycles. The van der Waals surface area contributed by atoms with Gasteiger partial charge in [0.2, 0.25) is 5.95 Å². The number of aryl methyl sites for hydroxylation is 2. The Morgan fingerprint density at radius 2 is 2.07 bits per heavy atom. The van der Waals surface area contributed by atoms with Crippen molar-refractivity contribution in [2.45, 2.75) is 13.8 Å². The van der Waals surface area contributed by atoms with Gasteiger partial charge in [-0.25, -0.2) is 9.97 Å². The Balaban J connectivity index is 2.54. The maximum atomic E-state index is 5.41. The lowest BCUT2D eigenvalue weighted by atomic mass is 10.3. The molecule has 0 aliphatic rings. The highest BCUT2D eigenvalue weighted by molar-refractivity contribution is 5.54. The van der Waals surface area contributed by atoms with Crippen LogP contribution >= 0.6 is 0 Å². The summed E-state index contributed by atoms with van der Waals surface area (Å²) in [6, 6.07) is 0. The van der Waals surface area contributed by atoms with Crippen molar-refractivity contribution in [2.24, 2.45) is 0 Å². The highest BCUT2D eigenvalue weighted by Gasteiger charge is 2.11. The van der Waals surface area contributed by atoms with Crippen LogP contribution in [-0.2, 0) is 0 Å². The normalized spacial score (nSPS) is 10.4. The van der Waals surface area contributed by atoms with E-state index in [1.807, 2.05) is 6.92 Å². The van der Waals surface area contributed by atoms with Crippen LogP contribution in [0.2, 0.25) is 0 Å². The van der Waals surface area contributed by atoms with Gasteiger partial charge < -0.3 is 10.2 Å². The van der Waals surface area contributed by atoms with E-state index >= 15 is 0 Å². The number of oxazole rings is 1. The molecule has 0 aromatic carbocycles. The Bertz CT molecular complexity index is 465. The lowest BCUT2D eigenvalue weighted by Crippen LogP contribution is -1.98. The lowest BCUT2D eigenvalue weighted by molar-refractivity contribution is 0.532. The van der Waals surface area contributed by atoms with Gasteiger partial charge in [-0.15, -0.1) is 5.10 Å². The van der Waals surface area contributed by atoms with Crippen molar-refractivity contribution < 1.29 is 4.42 Å². The molecule has 0 fully saturated rings. The van der Waals surface area contributed by atoms with E-state index in [1.165, 1.54) is 6.20 Å². The molecule has 2 N–H and O–H groups in total. The van der Waals surface area contributed by atoms with Gasteiger partial charge in [0.05, 0.1) is 11.9 Å². The SMILES string of the molecule is Cc1nc(C)c(-c2cnnc(N)n2)o1. The van der Waals surface area contributed by atoms with Gasteiger partial charge in [-0.05, 0) is 6.92 Å². The zero-order valence-electron chi connectivity index (χ0n) is 7.85. The Hall–Kier alpha value is -1.98. The maximum absolute atomic E-state index is 5.41. The second-order valence-corrected chi connectivity index (χ2v) is 2.85. The number of anilines is 1. The minimum absolute atomic E-state index is 0.121. The minimum Gasteiger partial charge on any atom is -0.439 e. The van der Waals surface area contributed by atoms with Crippen molar-refractivity contribution in [3.05, 3.63) is 17.8 Å². The lowest BCUT2D eigenvalue weighted by Gasteiger charge is -1.95. The predicted molar refractivity (Wildman–Crippen MR) is 49.2 cm³/mol. The van der Waals surface area contributed by atoms with Crippen LogP contribution in [0.15, 0.2) is 10.6 Å². The Kier molecular flexibility index (Phi) is 1.88. The molecule has 0 amide bonds. The number of hydrogen-bond acceptors (Lipinski definition) is 6. The van der Waals surface area contributed by atoms with Crippen LogP contribution in [0.4, 0.5) is 5.95 Å². The number of nitrogens with two attached hydrogens (primary N) is 1. The van der Waals surface area contributed by atoms with Gasteiger partial charge in [-0.1, -0.05) is 0 Å². The summed E-state index contributed by atoms with van der Waals surface area (Å²) >= 11 is 0. The van der Waals surface area contributed by atoms with Crippen LogP contribution in [-0.4, -0.2) is 20.2 Å². The number of hydrogen-bond donors (Lipinski definition) is 1. The van der Waals surface area contributed by atoms with Crippen molar-refractivity contribution in [1.29, 1.82) is 0 Å². The molecule has 0 aliphatic heterocycles. The average Bonchev–Trinajstić information content (AvgIpc) is 2.45. The van der Waals surface area contributed by atoms with Gasteiger partial charge in [-0.3, -0.25) is 0 Å². The molecule has 2 aromatic heterocycles. The summed E-state index contributed by atoms with van der Waals surface area (Å²) in [6.45, 7) is 3.61. The molecule has 6 heteroatoms. The van der Waals surface area contributed by atoms with Crippen LogP contribution in [0.5, 0.6) is 0 Å². The standard InChI is InChI=1S/C8H9N5O/c1-4-7(14-5(2)11-4)6-3-10-13-8(9)12-6/h3H,1-2H3,(H2,9,12,13). The van der Waals surface area contributed by atoms with Crippen molar-refractivity contribution in [3.63, 3.8) is 0 Å². The Labute approximate surface area is 80.2 Å². The quantitative estimate of drug-likeness (QED) is 0.714. The first-order valence-corrected chi connectivity index (χ1v) is 4.06. The smallest absolute Gasteiger partial charge is 0.240 e. The predicted octanol–water partition coefficient (Wildman–Crippen LogP) is 0.726. The molecule has 0 aliphatic carbocycles. The first kappa shape index (κ1) is 8.61. The van der Waals surface area contributed by atoms with Crippen LogP contribution < -0.4 is 5.73 Å². The van der Waals surface area contributed by atoms with E-state index in [9.17, 15) is 0 Å². The maximum Gasteiger partial charge on any atom is 0.240 e. The van der Waals surface area contributed by atoms with E-state index in [1.54, 1.807) is 6.92 Å². The molecule has 0 unspecified atom stereocenters. The fourth-order valence-electron chi connectivity index (χ4n) is 1.20. The number of nitrogens with zero attached hydrogens (tertiary/aromatic N) is 4. The zero-order chi connectivity index (χ0) is 10.1. The highest BCUT2D eigenvalue weighted by Crippen LogP contribution is 2.21. The molecule has 2 rings (SSSR count). The molecule has 0 radical (unpaired) electrons. The molecule has 0 atom stereocenters. The second kappa shape index (κ2) is 3.06. The fraction of sp³-hybridized carbons (Fsp3) is 0.250. The average molecular weight is 191 g/mol.